The Bertz CT molecular complexity index is 1080. The number of aliphatic hydroxyl groups excluding tert-OH is 1. The lowest BCUT2D eigenvalue weighted by Crippen LogP contribution is -2.16. The Kier molecular flexibility index (Phi) is 6.62. The first-order chi connectivity index (χ1) is 14.0. The van der Waals surface area contributed by atoms with E-state index >= 15 is 0 Å². The van der Waals surface area contributed by atoms with Crippen LogP contribution in [-0.4, -0.2) is 55.7 Å². The van der Waals surface area contributed by atoms with Crippen LogP contribution >= 0.6 is 11.8 Å². The number of benzene rings is 1. The van der Waals surface area contributed by atoms with Crippen molar-refractivity contribution >= 4 is 40.4 Å². The van der Waals surface area contributed by atoms with Crippen molar-refractivity contribution in [3.63, 3.8) is 0 Å². The minimum absolute atomic E-state index is 0.0161. The van der Waals surface area contributed by atoms with Crippen LogP contribution in [0.3, 0.4) is 0 Å². The second kappa shape index (κ2) is 9.34. The van der Waals surface area contributed by atoms with E-state index in [1.54, 1.807) is 31.2 Å². The van der Waals surface area contributed by atoms with E-state index in [4.69, 9.17) is 9.84 Å². The highest BCUT2D eigenvalue weighted by atomic mass is 32.2. The van der Waals surface area contributed by atoms with E-state index in [1.807, 2.05) is 0 Å². The lowest BCUT2D eigenvalue weighted by molar-refractivity contribution is -0.113. The number of ether oxygens (including phenoxy) is 1. The quantitative estimate of drug-likeness (QED) is 0.280. The number of carbonyl (C=O) groups is 2. The standard InChI is InChI=1S/C18H19N5O5S/c1-2-28-17(27)11-3-5-12(6-4-11)20-14(25)10-29-18-21-15-13(16(26)22-18)9-19-23(15)7-8-24/h3-6,9,24H,2,7-8,10H2,1H3,(H,20,25)(H,21,22,26). The summed E-state index contributed by atoms with van der Waals surface area (Å²) in [5, 5.41) is 16.4. The lowest BCUT2D eigenvalue weighted by Gasteiger charge is -2.07. The Morgan fingerprint density at radius 2 is 2.07 bits per heavy atom. The van der Waals surface area contributed by atoms with Gasteiger partial charge in [0.25, 0.3) is 5.56 Å². The first-order valence-corrected chi connectivity index (χ1v) is 9.77. The molecule has 1 aromatic carbocycles. The van der Waals surface area contributed by atoms with E-state index in [1.165, 1.54) is 10.9 Å². The molecule has 29 heavy (non-hydrogen) atoms. The summed E-state index contributed by atoms with van der Waals surface area (Å²) >= 11 is 1.07. The number of rotatable bonds is 8. The summed E-state index contributed by atoms with van der Waals surface area (Å²) in [5.41, 5.74) is 0.910. The van der Waals surface area contributed by atoms with Crippen molar-refractivity contribution in [2.45, 2.75) is 18.6 Å². The number of H-pyrrole nitrogens is 1. The molecule has 0 bridgehead atoms. The zero-order chi connectivity index (χ0) is 20.8. The number of nitrogens with one attached hydrogen (secondary N) is 2. The van der Waals surface area contributed by atoms with Crippen molar-refractivity contribution in [1.82, 2.24) is 19.7 Å². The molecule has 11 heteroatoms. The molecule has 0 saturated carbocycles. The average Bonchev–Trinajstić information content (AvgIpc) is 3.11. The summed E-state index contributed by atoms with van der Waals surface area (Å²) < 4.78 is 6.34. The number of aromatic amines is 1. The summed E-state index contributed by atoms with van der Waals surface area (Å²) in [5.74, 6) is -0.709. The molecule has 0 fully saturated rings. The number of hydrogen-bond donors (Lipinski definition) is 3. The number of anilines is 1. The SMILES string of the molecule is CCOC(=O)c1ccc(NC(=O)CSc2nc3c(cnn3CCO)c(=O)[nH]2)cc1. The van der Waals surface area contributed by atoms with Gasteiger partial charge in [-0.3, -0.25) is 9.59 Å². The number of amides is 1. The van der Waals surface area contributed by atoms with Gasteiger partial charge in [0.2, 0.25) is 5.91 Å². The number of nitrogens with zero attached hydrogens (tertiary/aromatic N) is 3. The highest BCUT2D eigenvalue weighted by Crippen LogP contribution is 2.16. The van der Waals surface area contributed by atoms with Crippen LogP contribution in [0.15, 0.2) is 40.4 Å². The maximum absolute atomic E-state index is 12.2. The molecule has 3 rings (SSSR count). The van der Waals surface area contributed by atoms with Crippen molar-refractivity contribution in [2.75, 3.05) is 24.3 Å². The van der Waals surface area contributed by atoms with Gasteiger partial charge in [-0.1, -0.05) is 11.8 Å². The minimum Gasteiger partial charge on any atom is -0.462 e. The van der Waals surface area contributed by atoms with E-state index in [0.717, 1.165) is 11.8 Å². The predicted octanol–water partition coefficient (Wildman–Crippen LogP) is 1.02. The summed E-state index contributed by atoms with van der Waals surface area (Å²) in [6, 6.07) is 6.34. The highest BCUT2D eigenvalue weighted by molar-refractivity contribution is 7.99. The molecule has 3 N–H and O–H groups in total. The predicted molar refractivity (Wildman–Crippen MR) is 107 cm³/mol. The van der Waals surface area contributed by atoms with E-state index in [2.05, 4.69) is 20.4 Å². The number of carbonyl (C=O) groups excluding carboxylic acids is 2. The number of esters is 1. The molecule has 1 amide bonds. The van der Waals surface area contributed by atoms with Gasteiger partial charge in [-0.05, 0) is 31.2 Å². The smallest absolute Gasteiger partial charge is 0.338 e. The van der Waals surface area contributed by atoms with Crippen LogP contribution in [-0.2, 0) is 16.1 Å². The molecule has 10 nitrogen and oxygen atoms in total. The van der Waals surface area contributed by atoms with Crippen LogP contribution in [0.1, 0.15) is 17.3 Å². The van der Waals surface area contributed by atoms with Gasteiger partial charge >= 0.3 is 5.97 Å². The fourth-order valence-corrected chi connectivity index (χ4v) is 3.16. The fraction of sp³-hybridized carbons (Fsp3) is 0.278. The zero-order valence-electron chi connectivity index (χ0n) is 15.5. The number of thioether (sulfide) groups is 1. The number of aliphatic hydroxyl groups is 1. The van der Waals surface area contributed by atoms with E-state index in [-0.39, 0.29) is 42.1 Å². The Balaban J connectivity index is 1.62. The number of hydrogen-bond acceptors (Lipinski definition) is 8. The van der Waals surface area contributed by atoms with Crippen LogP contribution in [0.4, 0.5) is 5.69 Å². The van der Waals surface area contributed by atoms with Gasteiger partial charge in [0, 0.05) is 5.69 Å². The molecule has 0 saturated heterocycles. The third kappa shape index (κ3) is 5.00. The van der Waals surface area contributed by atoms with E-state index in [0.29, 0.717) is 22.3 Å². The highest BCUT2D eigenvalue weighted by Gasteiger charge is 2.12. The molecule has 0 aliphatic heterocycles. The zero-order valence-corrected chi connectivity index (χ0v) is 16.4. The van der Waals surface area contributed by atoms with Gasteiger partial charge < -0.3 is 20.1 Å². The third-order valence-corrected chi connectivity index (χ3v) is 4.69. The molecule has 0 unspecified atom stereocenters. The van der Waals surface area contributed by atoms with Crippen LogP contribution in [0.5, 0.6) is 0 Å². The third-order valence-electron chi connectivity index (χ3n) is 3.82. The van der Waals surface area contributed by atoms with Crippen LogP contribution < -0.4 is 10.9 Å². The summed E-state index contributed by atoms with van der Waals surface area (Å²) in [4.78, 5) is 42.9. The van der Waals surface area contributed by atoms with E-state index in [9.17, 15) is 14.4 Å². The summed E-state index contributed by atoms with van der Waals surface area (Å²) in [6.07, 6.45) is 1.39. The fourth-order valence-electron chi connectivity index (χ4n) is 2.51. The largest absolute Gasteiger partial charge is 0.462 e. The molecule has 2 heterocycles. The molecule has 0 spiro atoms. The molecular weight excluding hydrogens is 398 g/mol. The number of aromatic nitrogens is 4. The molecule has 3 aromatic rings. The van der Waals surface area contributed by atoms with Crippen LogP contribution in [0, 0.1) is 0 Å². The Labute approximate surface area is 169 Å². The number of fused-ring (bicyclic) bond motifs is 1. The van der Waals surface area contributed by atoms with Crippen molar-refractivity contribution < 1.29 is 19.4 Å². The molecule has 152 valence electrons. The first-order valence-electron chi connectivity index (χ1n) is 8.78. The van der Waals surface area contributed by atoms with Crippen LogP contribution in [0.2, 0.25) is 0 Å². The monoisotopic (exact) mass is 417 g/mol. The molecule has 0 atom stereocenters. The summed E-state index contributed by atoms with van der Waals surface area (Å²) in [6.45, 7) is 2.10. The molecule has 0 aliphatic rings. The minimum atomic E-state index is -0.424. The van der Waals surface area contributed by atoms with Gasteiger partial charge in [0.05, 0.1) is 37.3 Å². The maximum atomic E-state index is 12.2. The maximum Gasteiger partial charge on any atom is 0.338 e. The first kappa shape index (κ1) is 20.6. The lowest BCUT2D eigenvalue weighted by atomic mass is 10.2. The van der Waals surface area contributed by atoms with E-state index < -0.39 is 5.97 Å². The van der Waals surface area contributed by atoms with Crippen molar-refractivity contribution in [3.05, 3.63) is 46.4 Å². The second-order valence-electron chi connectivity index (χ2n) is 5.83. The van der Waals surface area contributed by atoms with Crippen molar-refractivity contribution in [1.29, 1.82) is 0 Å². The van der Waals surface area contributed by atoms with Crippen LogP contribution in [0.25, 0.3) is 11.0 Å². The normalized spacial score (nSPS) is 10.8. The molecule has 0 aliphatic carbocycles. The molecular formula is C18H19N5O5S. The van der Waals surface area contributed by atoms with Gasteiger partial charge in [-0.25, -0.2) is 14.5 Å². The van der Waals surface area contributed by atoms with Gasteiger partial charge in [0.1, 0.15) is 5.39 Å². The molecule has 0 radical (unpaired) electrons. The van der Waals surface area contributed by atoms with Crippen molar-refractivity contribution in [2.24, 2.45) is 0 Å². The average molecular weight is 417 g/mol. The summed E-state index contributed by atoms with van der Waals surface area (Å²) in [7, 11) is 0. The van der Waals surface area contributed by atoms with Gasteiger partial charge in [0.15, 0.2) is 10.8 Å². The molecule has 2 aromatic heterocycles. The van der Waals surface area contributed by atoms with Gasteiger partial charge in [-0.2, -0.15) is 5.10 Å². The Morgan fingerprint density at radius 1 is 1.31 bits per heavy atom. The second-order valence-corrected chi connectivity index (χ2v) is 6.80. The Morgan fingerprint density at radius 3 is 2.76 bits per heavy atom. The Hall–Kier alpha value is -3.18. The van der Waals surface area contributed by atoms with Crippen molar-refractivity contribution in [3.8, 4) is 0 Å². The topological polar surface area (TPSA) is 139 Å². The van der Waals surface area contributed by atoms with Gasteiger partial charge in [-0.15, -0.1) is 0 Å².